The lowest BCUT2D eigenvalue weighted by Gasteiger charge is -2.21. The van der Waals surface area contributed by atoms with Gasteiger partial charge in [0, 0.05) is 0 Å². The van der Waals surface area contributed by atoms with Crippen LogP contribution in [0.3, 0.4) is 0 Å². The third kappa shape index (κ3) is 11.4. The summed E-state index contributed by atoms with van der Waals surface area (Å²) in [6.45, 7) is 2.65. The third-order valence-corrected chi connectivity index (χ3v) is 0.483. The maximum Gasteiger partial charge on any atom is 0.0873 e. The Labute approximate surface area is 58.1 Å². The summed E-state index contributed by atoms with van der Waals surface area (Å²) in [7, 11) is 5.99. The Hall–Kier alpha value is -0.120. The molecule has 57 valence electrons. The zero-order valence-corrected chi connectivity index (χ0v) is 7.06. The first-order chi connectivity index (χ1) is 3.56. The molecule has 0 atom stereocenters. The second-order valence-corrected chi connectivity index (χ2v) is 2.54. The highest BCUT2D eigenvalue weighted by molar-refractivity contribution is 3.97. The Morgan fingerprint density at radius 3 is 1.89 bits per heavy atom. The summed E-state index contributed by atoms with van der Waals surface area (Å²) in [5.74, 6) is 0. The molecule has 9 heavy (non-hydrogen) atoms. The van der Waals surface area contributed by atoms with E-state index >= 15 is 0 Å². The highest BCUT2D eigenvalue weighted by atomic mass is 16.7. The highest BCUT2D eigenvalue weighted by Gasteiger charge is 2.02. The molecule has 0 fully saturated rings. The lowest BCUT2D eigenvalue weighted by Crippen LogP contribution is -2.47. The van der Waals surface area contributed by atoms with Gasteiger partial charge in [-0.1, -0.05) is 7.43 Å². The molecule has 1 N–H and O–H groups in total. The quantitative estimate of drug-likeness (QED) is 0.451. The van der Waals surface area contributed by atoms with E-state index in [9.17, 15) is 0 Å². The fourth-order valence-electron chi connectivity index (χ4n) is 0.258. The monoisotopic (exact) mass is 134 g/mol. The molecule has 0 amide bonds. The van der Waals surface area contributed by atoms with Crippen molar-refractivity contribution >= 4 is 0 Å². The fourth-order valence-corrected chi connectivity index (χ4v) is 0.258. The molecule has 0 heterocycles. The Morgan fingerprint density at radius 1 is 1.33 bits per heavy atom. The van der Waals surface area contributed by atoms with E-state index in [2.05, 4.69) is 5.59 Å². The molecule has 0 aromatic heterocycles. The molecule has 0 bridgehead atoms. The van der Waals surface area contributed by atoms with Crippen LogP contribution >= 0.6 is 0 Å². The summed E-state index contributed by atoms with van der Waals surface area (Å²) < 4.78 is 0.633. The highest BCUT2D eigenvalue weighted by Crippen LogP contribution is 1.79. The van der Waals surface area contributed by atoms with Crippen LogP contribution in [0.15, 0.2) is 0 Å². The Morgan fingerprint density at radius 2 is 1.78 bits per heavy atom. The van der Waals surface area contributed by atoms with Crippen molar-refractivity contribution < 1.29 is 9.43 Å². The van der Waals surface area contributed by atoms with E-state index in [4.69, 9.17) is 4.84 Å². The van der Waals surface area contributed by atoms with Crippen molar-refractivity contribution in [3.63, 3.8) is 0 Å². The van der Waals surface area contributed by atoms with Gasteiger partial charge in [-0.15, -0.1) is 0 Å². The SMILES string of the molecule is CCON[N+](C)(C)C.[CH3]. The van der Waals surface area contributed by atoms with Gasteiger partial charge in [-0.25, -0.2) is 4.59 Å². The molecule has 0 aromatic carbocycles. The van der Waals surface area contributed by atoms with Crippen LogP contribution in [0.25, 0.3) is 0 Å². The van der Waals surface area contributed by atoms with Gasteiger partial charge < -0.3 is 0 Å². The summed E-state index contributed by atoms with van der Waals surface area (Å²) in [5.41, 5.74) is 2.81. The first-order valence-corrected chi connectivity index (χ1v) is 2.77. The van der Waals surface area contributed by atoms with Gasteiger partial charge >= 0.3 is 0 Å². The van der Waals surface area contributed by atoms with Crippen molar-refractivity contribution in [2.24, 2.45) is 0 Å². The van der Waals surface area contributed by atoms with Gasteiger partial charge in [-0.3, -0.25) is 4.84 Å². The van der Waals surface area contributed by atoms with Crippen molar-refractivity contribution in [2.75, 3.05) is 27.7 Å². The van der Waals surface area contributed by atoms with E-state index in [1.165, 1.54) is 0 Å². The van der Waals surface area contributed by atoms with E-state index in [-0.39, 0.29) is 7.43 Å². The predicted octanol–water partition coefficient (Wildman–Crippen LogP) is 0.599. The summed E-state index contributed by atoms with van der Waals surface area (Å²) >= 11 is 0. The number of hydrogen-bond donors (Lipinski definition) is 1. The summed E-state index contributed by atoms with van der Waals surface area (Å²) in [5, 5.41) is 0. The largest absolute Gasteiger partial charge is 0.257 e. The standard InChI is InChI=1S/C5H15N2O.CH3/c1-5-8-6-7(2,3)4;/h6H,5H2,1-4H3;1H3/q+1;. The molecule has 0 saturated carbocycles. The minimum absolute atomic E-state index is 0. The molecule has 3 nitrogen and oxygen atoms in total. The van der Waals surface area contributed by atoms with Crippen molar-refractivity contribution in [3.05, 3.63) is 7.43 Å². The zero-order valence-electron chi connectivity index (χ0n) is 7.06. The van der Waals surface area contributed by atoms with Crippen LogP contribution < -0.4 is 5.59 Å². The Bertz CT molecular complexity index is 58.6. The number of nitrogens with one attached hydrogen (secondary N) is 1. The van der Waals surface area contributed by atoms with Crippen LogP contribution in [0.5, 0.6) is 0 Å². The van der Waals surface area contributed by atoms with Gasteiger partial charge in [0.25, 0.3) is 0 Å². The van der Waals surface area contributed by atoms with Gasteiger partial charge in [0.05, 0.1) is 27.7 Å². The molecule has 0 saturated heterocycles. The normalized spacial score (nSPS) is 10.7. The molecule has 0 spiro atoms. The lowest BCUT2D eigenvalue weighted by atomic mass is 10.9. The molecule has 0 aromatic rings. The van der Waals surface area contributed by atoms with Crippen molar-refractivity contribution in [1.82, 2.24) is 5.59 Å². The second-order valence-electron chi connectivity index (χ2n) is 2.54. The number of rotatable bonds is 3. The molecule has 0 aliphatic rings. The molecule has 0 aliphatic heterocycles. The average molecular weight is 134 g/mol. The van der Waals surface area contributed by atoms with Crippen LogP contribution in [-0.2, 0) is 4.84 Å². The first kappa shape index (κ1) is 11.6. The maximum atomic E-state index is 4.92. The molecule has 0 aliphatic carbocycles. The van der Waals surface area contributed by atoms with Crippen molar-refractivity contribution in [3.8, 4) is 0 Å². The molecular weight excluding hydrogens is 116 g/mol. The van der Waals surface area contributed by atoms with Crippen molar-refractivity contribution in [1.29, 1.82) is 0 Å². The van der Waals surface area contributed by atoms with Gasteiger partial charge in [0.1, 0.15) is 0 Å². The van der Waals surface area contributed by atoms with Gasteiger partial charge in [0.2, 0.25) is 0 Å². The Balaban J connectivity index is 0. The van der Waals surface area contributed by atoms with Gasteiger partial charge in [0.15, 0.2) is 0 Å². The third-order valence-electron chi connectivity index (χ3n) is 0.483. The smallest absolute Gasteiger partial charge is 0.0873 e. The molecule has 1 radical (unpaired) electrons. The average Bonchev–Trinajstić information content (AvgIpc) is 1.59. The number of nitrogens with zero attached hydrogens (tertiary/aromatic N) is 1. The maximum absolute atomic E-state index is 4.92. The summed E-state index contributed by atoms with van der Waals surface area (Å²) in [6.07, 6.45) is 0. The summed E-state index contributed by atoms with van der Waals surface area (Å²) in [4.78, 5) is 4.92. The Kier molecular flexibility index (Phi) is 6.12. The van der Waals surface area contributed by atoms with E-state index in [0.29, 0.717) is 11.2 Å². The van der Waals surface area contributed by atoms with Crippen LogP contribution in [0.2, 0.25) is 0 Å². The fraction of sp³-hybridized carbons (Fsp3) is 0.833. The zero-order chi connectivity index (χ0) is 6.62. The predicted molar refractivity (Wildman–Crippen MR) is 39.2 cm³/mol. The van der Waals surface area contributed by atoms with Gasteiger partial charge in [-0.2, -0.15) is 0 Å². The van der Waals surface area contributed by atoms with Gasteiger partial charge in [-0.05, 0) is 12.5 Å². The minimum Gasteiger partial charge on any atom is -0.257 e. The van der Waals surface area contributed by atoms with Crippen LogP contribution in [0.1, 0.15) is 6.92 Å². The topological polar surface area (TPSA) is 21.3 Å². The lowest BCUT2D eigenvalue weighted by molar-refractivity contribution is -0.944. The molecule has 0 rings (SSSR count). The summed E-state index contributed by atoms with van der Waals surface area (Å²) in [6, 6.07) is 0. The van der Waals surface area contributed by atoms with Crippen molar-refractivity contribution in [2.45, 2.75) is 6.92 Å². The molecular formula is C6H18N2O+. The second kappa shape index (κ2) is 4.73. The van der Waals surface area contributed by atoms with E-state index < -0.39 is 0 Å². The van der Waals surface area contributed by atoms with E-state index in [1.54, 1.807) is 0 Å². The van der Waals surface area contributed by atoms with Crippen LogP contribution in [-0.4, -0.2) is 32.3 Å². The van der Waals surface area contributed by atoms with Crippen LogP contribution in [0.4, 0.5) is 0 Å². The van der Waals surface area contributed by atoms with E-state index in [1.807, 2.05) is 28.1 Å². The first-order valence-electron chi connectivity index (χ1n) is 2.77. The van der Waals surface area contributed by atoms with Crippen LogP contribution in [0, 0.1) is 7.43 Å². The number of hydrogen-bond acceptors (Lipinski definition) is 2. The molecule has 3 heteroatoms. The number of quaternary nitrogens is 1. The minimum atomic E-state index is 0. The van der Waals surface area contributed by atoms with E-state index in [0.717, 1.165) is 0 Å². The molecule has 0 unspecified atom stereocenters.